The molecule has 2 aromatic rings. The van der Waals surface area contributed by atoms with Crippen LogP contribution in [0.5, 0.6) is 0 Å². The Morgan fingerprint density at radius 1 is 1.14 bits per heavy atom. The Morgan fingerprint density at radius 2 is 2.05 bits per heavy atom. The second kappa shape index (κ2) is 6.26. The molecule has 5 heteroatoms. The van der Waals surface area contributed by atoms with E-state index in [1.54, 1.807) is 12.4 Å². The lowest BCUT2D eigenvalue weighted by molar-refractivity contribution is 0.373. The summed E-state index contributed by atoms with van der Waals surface area (Å²) in [4.78, 5) is 8.71. The van der Waals surface area contributed by atoms with E-state index in [0.29, 0.717) is 17.2 Å². The van der Waals surface area contributed by atoms with Crippen LogP contribution in [0.25, 0.3) is 11.3 Å². The van der Waals surface area contributed by atoms with E-state index >= 15 is 0 Å². The first-order valence-corrected chi connectivity index (χ1v) is 7.19. The summed E-state index contributed by atoms with van der Waals surface area (Å²) in [7, 11) is 0. The molecule has 2 heterocycles. The van der Waals surface area contributed by atoms with Gasteiger partial charge in [-0.15, -0.1) is 0 Å². The number of hydrogen-bond acceptors (Lipinski definition) is 3. The van der Waals surface area contributed by atoms with E-state index < -0.39 is 11.6 Å². The Hall–Kier alpha value is -1.88. The third-order valence-corrected chi connectivity index (χ3v) is 3.82. The van der Waals surface area contributed by atoms with E-state index in [-0.39, 0.29) is 0 Å². The van der Waals surface area contributed by atoms with Crippen molar-refractivity contribution >= 4 is 0 Å². The van der Waals surface area contributed by atoms with Crippen LogP contribution in [0.2, 0.25) is 0 Å². The first-order chi connectivity index (χ1) is 10.2. The van der Waals surface area contributed by atoms with Crippen LogP contribution >= 0.6 is 0 Å². The Kier molecular flexibility index (Phi) is 4.20. The van der Waals surface area contributed by atoms with E-state index in [1.807, 2.05) is 0 Å². The molecule has 3 rings (SSSR count). The molecular weight excluding hydrogens is 272 g/mol. The summed E-state index contributed by atoms with van der Waals surface area (Å²) in [5, 5.41) is 3.38. The van der Waals surface area contributed by atoms with Gasteiger partial charge in [0.15, 0.2) is 11.6 Å². The van der Waals surface area contributed by atoms with Crippen LogP contribution in [0.4, 0.5) is 8.78 Å². The molecule has 1 aliphatic heterocycles. The molecule has 1 aromatic heterocycles. The molecular formula is C16H17F2N3. The lowest BCUT2D eigenvalue weighted by Crippen LogP contribution is -2.31. The molecule has 1 fully saturated rings. The zero-order valence-corrected chi connectivity index (χ0v) is 11.6. The van der Waals surface area contributed by atoms with Gasteiger partial charge in [-0.05, 0) is 56.5 Å². The van der Waals surface area contributed by atoms with Crippen molar-refractivity contribution in [2.75, 3.05) is 13.1 Å². The summed E-state index contributed by atoms with van der Waals surface area (Å²) in [5.74, 6) is -1.12. The number of rotatable bonds is 3. The van der Waals surface area contributed by atoms with Gasteiger partial charge in [-0.1, -0.05) is 0 Å². The fourth-order valence-corrected chi connectivity index (χ4v) is 2.66. The molecule has 1 aliphatic rings. The highest BCUT2D eigenvalue weighted by atomic mass is 19.2. The number of piperidine rings is 1. The number of benzene rings is 1. The quantitative estimate of drug-likeness (QED) is 0.944. The minimum atomic E-state index is -0.869. The van der Waals surface area contributed by atoms with Crippen LogP contribution in [0, 0.1) is 17.6 Å². The Morgan fingerprint density at radius 3 is 2.71 bits per heavy atom. The SMILES string of the molecule is Fc1ccc(-c2cnc(CC3CCCNC3)cn2)cc1F. The average molecular weight is 289 g/mol. The standard InChI is InChI=1S/C16H17F2N3/c17-14-4-3-12(7-15(14)18)16-10-20-13(9-21-16)6-11-2-1-5-19-8-11/h3-4,7,9-11,19H,1-2,5-6,8H2. The summed E-state index contributed by atoms with van der Waals surface area (Å²) in [6.07, 6.45) is 6.66. The molecule has 1 N–H and O–H groups in total. The molecule has 21 heavy (non-hydrogen) atoms. The Labute approximate surface area is 122 Å². The molecule has 1 saturated heterocycles. The lowest BCUT2D eigenvalue weighted by Gasteiger charge is -2.22. The first-order valence-electron chi connectivity index (χ1n) is 7.19. The highest BCUT2D eigenvalue weighted by Gasteiger charge is 2.14. The first kappa shape index (κ1) is 14.1. The fraction of sp³-hybridized carbons (Fsp3) is 0.375. The van der Waals surface area contributed by atoms with Gasteiger partial charge in [-0.25, -0.2) is 8.78 Å². The summed E-state index contributed by atoms with van der Waals surface area (Å²) in [6, 6.07) is 3.76. The maximum absolute atomic E-state index is 13.2. The van der Waals surface area contributed by atoms with Gasteiger partial charge in [0, 0.05) is 11.8 Å². The molecule has 1 atom stereocenters. The van der Waals surface area contributed by atoms with Gasteiger partial charge >= 0.3 is 0 Å². The molecule has 0 amide bonds. The Balaban J connectivity index is 1.72. The molecule has 1 unspecified atom stereocenters. The zero-order valence-electron chi connectivity index (χ0n) is 11.6. The second-order valence-electron chi connectivity index (χ2n) is 5.44. The third kappa shape index (κ3) is 3.42. The number of nitrogens with zero attached hydrogens (tertiary/aromatic N) is 2. The highest BCUT2D eigenvalue weighted by Crippen LogP contribution is 2.20. The van der Waals surface area contributed by atoms with Crippen molar-refractivity contribution in [3.63, 3.8) is 0 Å². The average Bonchev–Trinajstić information content (AvgIpc) is 2.52. The van der Waals surface area contributed by atoms with Gasteiger partial charge < -0.3 is 5.32 Å². The molecule has 0 spiro atoms. The highest BCUT2D eigenvalue weighted by molar-refractivity contribution is 5.57. The maximum atomic E-state index is 13.2. The number of halogens is 2. The van der Waals surface area contributed by atoms with E-state index in [9.17, 15) is 8.78 Å². The fourth-order valence-electron chi connectivity index (χ4n) is 2.66. The van der Waals surface area contributed by atoms with Crippen LogP contribution in [0.3, 0.4) is 0 Å². The maximum Gasteiger partial charge on any atom is 0.159 e. The van der Waals surface area contributed by atoms with Gasteiger partial charge in [-0.2, -0.15) is 0 Å². The summed E-state index contributed by atoms with van der Waals surface area (Å²) in [6.45, 7) is 2.11. The minimum Gasteiger partial charge on any atom is -0.316 e. The van der Waals surface area contributed by atoms with E-state index in [4.69, 9.17) is 0 Å². The Bertz CT molecular complexity index is 607. The van der Waals surface area contributed by atoms with Crippen LogP contribution in [0.15, 0.2) is 30.6 Å². The molecule has 1 aromatic carbocycles. The van der Waals surface area contributed by atoms with Crippen LogP contribution in [0.1, 0.15) is 18.5 Å². The topological polar surface area (TPSA) is 37.8 Å². The van der Waals surface area contributed by atoms with Crippen LogP contribution in [-0.2, 0) is 6.42 Å². The summed E-state index contributed by atoms with van der Waals surface area (Å²) < 4.78 is 26.1. The van der Waals surface area contributed by atoms with Gasteiger partial charge in [0.05, 0.1) is 17.6 Å². The van der Waals surface area contributed by atoms with Crippen molar-refractivity contribution < 1.29 is 8.78 Å². The van der Waals surface area contributed by atoms with Crippen molar-refractivity contribution in [1.82, 2.24) is 15.3 Å². The predicted octanol–water partition coefficient (Wildman–Crippen LogP) is 2.96. The van der Waals surface area contributed by atoms with Crippen molar-refractivity contribution in [2.45, 2.75) is 19.3 Å². The lowest BCUT2D eigenvalue weighted by atomic mass is 9.95. The van der Waals surface area contributed by atoms with Gasteiger partial charge in [0.25, 0.3) is 0 Å². The van der Waals surface area contributed by atoms with Gasteiger partial charge in [-0.3, -0.25) is 9.97 Å². The molecule has 0 radical (unpaired) electrons. The van der Waals surface area contributed by atoms with Crippen molar-refractivity contribution in [1.29, 1.82) is 0 Å². The van der Waals surface area contributed by atoms with Crippen LogP contribution < -0.4 is 5.32 Å². The monoisotopic (exact) mass is 289 g/mol. The normalized spacial score (nSPS) is 18.7. The zero-order chi connectivity index (χ0) is 14.7. The number of aromatic nitrogens is 2. The molecule has 3 nitrogen and oxygen atoms in total. The van der Waals surface area contributed by atoms with Crippen molar-refractivity contribution in [3.05, 3.63) is 47.9 Å². The van der Waals surface area contributed by atoms with E-state index in [0.717, 1.165) is 37.3 Å². The van der Waals surface area contributed by atoms with E-state index in [2.05, 4.69) is 15.3 Å². The molecule has 0 aliphatic carbocycles. The third-order valence-electron chi connectivity index (χ3n) is 3.82. The molecule has 0 bridgehead atoms. The molecule has 0 saturated carbocycles. The van der Waals surface area contributed by atoms with Crippen molar-refractivity contribution in [3.8, 4) is 11.3 Å². The van der Waals surface area contributed by atoms with E-state index in [1.165, 1.54) is 18.9 Å². The van der Waals surface area contributed by atoms with Gasteiger partial charge in [0.1, 0.15) is 0 Å². The number of nitrogens with one attached hydrogen (secondary N) is 1. The van der Waals surface area contributed by atoms with Crippen LogP contribution in [-0.4, -0.2) is 23.1 Å². The number of hydrogen-bond donors (Lipinski definition) is 1. The minimum absolute atomic E-state index is 0.535. The second-order valence-corrected chi connectivity index (χ2v) is 5.44. The van der Waals surface area contributed by atoms with Gasteiger partial charge in [0.2, 0.25) is 0 Å². The predicted molar refractivity (Wildman–Crippen MR) is 76.7 cm³/mol. The largest absolute Gasteiger partial charge is 0.316 e. The van der Waals surface area contributed by atoms with Crippen molar-refractivity contribution in [2.24, 2.45) is 5.92 Å². The smallest absolute Gasteiger partial charge is 0.159 e. The summed E-state index contributed by atoms with van der Waals surface area (Å²) >= 11 is 0. The summed E-state index contributed by atoms with van der Waals surface area (Å²) in [5.41, 5.74) is 2.03. The molecule has 110 valence electrons.